The van der Waals surface area contributed by atoms with E-state index in [0.717, 1.165) is 32.1 Å². The highest BCUT2D eigenvalue weighted by molar-refractivity contribution is 5.81. The van der Waals surface area contributed by atoms with Gasteiger partial charge in [0.25, 0.3) is 0 Å². The normalized spacial score (nSPS) is 18.8. The molecule has 1 amide bonds. The molecule has 2 aliphatic carbocycles. The minimum absolute atomic E-state index is 0.0550. The Hall–Kier alpha value is -1.36. The summed E-state index contributed by atoms with van der Waals surface area (Å²) in [5.74, 6) is -0.755. The molecule has 106 valence electrons. The van der Waals surface area contributed by atoms with Gasteiger partial charge in [0.1, 0.15) is 0 Å². The average Bonchev–Trinajstić information content (AvgIpc) is 3.21. The highest BCUT2D eigenvalue weighted by atomic mass is 16.4. The Labute approximate surface area is 113 Å². The number of amides is 1. The van der Waals surface area contributed by atoms with Gasteiger partial charge in [-0.1, -0.05) is 6.08 Å². The summed E-state index contributed by atoms with van der Waals surface area (Å²) in [5.41, 5.74) is 1.18. The fourth-order valence-corrected chi connectivity index (χ4v) is 2.45. The Morgan fingerprint density at radius 1 is 1.37 bits per heavy atom. The van der Waals surface area contributed by atoms with Gasteiger partial charge in [-0.05, 0) is 38.5 Å². The molecule has 0 bridgehead atoms. The molecule has 0 saturated heterocycles. The third kappa shape index (κ3) is 4.35. The molecule has 0 aromatic heterocycles. The van der Waals surface area contributed by atoms with Gasteiger partial charge in [-0.2, -0.15) is 0 Å². The van der Waals surface area contributed by atoms with E-state index in [9.17, 15) is 9.59 Å². The Morgan fingerprint density at radius 3 is 2.74 bits per heavy atom. The lowest BCUT2D eigenvalue weighted by Crippen LogP contribution is -2.39. The summed E-state index contributed by atoms with van der Waals surface area (Å²) in [5, 5.41) is 11.5. The largest absolute Gasteiger partial charge is 0.481 e. The maximum absolute atomic E-state index is 12.2. The number of carbonyl (C=O) groups excluding carboxylic acids is 1. The Balaban J connectivity index is 1.83. The third-order valence-electron chi connectivity index (χ3n) is 3.55. The quantitative estimate of drug-likeness (QED) is 0.685. The van der Waals surface area contributed by atoms with Crippen molar-refractivity contribution in [1.82, 2.24) is 10.2 Å². The summed E-state index contributed by atoms with van der Waals surface area (Å²) in [6.45, 7) is 0.583. The van der Waals surface area contributed by atoms with Crippen molar-refractivity contribution in [2.45, 2.75) is 51.0 Å². The van der Waals surface area contributed by atoms with E-state index < -0.39 is 5.97 Å². The number of carboxylic acids is 1. The van der Waals surface area contributed by atoms with Crippen LogP contribution in [-0.2, 0) is 9.59 Å². The minimum atomic E-state index is -0.839. The molecule has 0 aromatic rings. The Morgan fingerprint density at radius 2 is 2.16 bits per heavy atom. The first-order chi connectivity index (χ1) is 9.18. The van der Waals surface area contributed by atoms with Gasteiger partial charge < -0.3 is 15.3 Å². The van der Waals surface area contributed by atoms with Gasteiger partial charge >= 0.3 is 5.97 Å². The SMILES string of the molecule is O=C(O)CCNCC(=O)N(C1=CCCCC1)C1CC1. The molecule has 2 rings (SSSR count). The summed E-state index contributed by atoms with van der Waals surface area (Å²) in [6, 6.07) is 0.387. The van der Waals surface area contributed by atoms with Crippen LogP contribution < -0.4 is 5.32 Å². The van der Waals surface area contributed by atoms with E-state index in [1.807, 2.05) is 4.90 Å². The van der Waals surface area contributed by atoms with Crippen LogP contribution in [-0.4, -0.2) is 41.0 Å². The molecule has 5 heteroatoms. The second kappa shape index (κ2) is 6.70. The molecule has 0 atom stereocenters. The van der Waals surface area contributed by atoms with Gasteiger partial charge in [0, 0.05) is 18.3 Å². The lowest BCUT2D eigenvalue weighted by Gasteiger charge is -2.28. The predicted molar refractivity (Wildman–Crippen MR) is 71.5 cm³/mol. The molecule has 5 nitrogen and oxygen atoms in total. The van der Waals surface area contributed by atoms with Crippen LogP contribution in [0.1, 0.15) is 44.9 Å². The number of carboxylic acid groups (broad SMARTS) is 1. The van der Waals surface area contributed by atoms with E-state index in [4.69, 9.17) is 5.11 Å². The number of allylic oxidation sites excluding steroid dienone is 2. The summed E-state index contributed by atoms with van der Waals surface area (Å²) in [7, 11) is 0. The molecule has 0 aromatic carbocycles. The zero-order valence-electron chi connectivity index (χ0n) is 11.2. The topological polar surface area (TPSA) is 69.6 Å². The van der Waals surface area contributed by atoms with Gasteiger partial charge in [0.15, 0.2) is 0 Å². The van der Waals surface area contributed by atoms with Gasteiger partial charge in [0.2, 0.25) is 5.91 Å². The van der Waals surface area contributed by atoms with E-state index in [-0.39, 0.29) is 18.9 Å². The first-order valence-corrected chi connectivity index (χ1v) is 7.12. The molecular formula is C14H22N2O3. The van der Waals surface area contributed by atoms with Crippen molar-refractivity contribution >= 4 is 11.9 Å². The maximum atomic E-state index is 12.2. The van der Waals surface area contributed by atoms with Crippen molar-refractivity contribution < 1.29 is 14.7 Å². The Kier molecular flexibility index (Phi) is 4.96. The van der Waals surface area contributed by atoms with Gasteiger partial charge in [0.05, 0.1) is 13.0 Å². The zero-order chi connectivity index (χ0) is 13.7. The van der Waals surface area contributed by atoms with Crippen molar-refractivity contribution in [1.29, 1.82) is 0 Å². The molecule has 1 saturated carbocycles. The fraction of sp³-hybridized carbons (Fsp3) is 0.714. The highest BCUT2D eigenvalue weighted by Crippen LogP contribution is 2.33. The van der Waals surface area contributed by atoms with E-state index in [0.29, 0.717) is 12.6 Å². The average molecular weight is 266 g/mol. The molecule has 0 radical (unpaired) electrons. The summed E-state index contributed by atoms with van der Waals surface area (Å²) in [6.07, 6.45) is 8.88. The molecule has 0 unspecified atom stereocenters. The van der Waals surface area contributed by atoms with Crippen LogP contribution in [0.2, 0.25) is 0 Å². The van der Waals surface area contributed by atoms with Gasteiger partial charge in [-0.15, -0.1) is 0 Å². The van der Waals surface area contributed by atoms with E-state index >= 15 is 0 Å². The van der Waals surface area contributed by atoms with Crippen LogP contribution >= 0.6 is 0 Å². The van der Waals surface area contributed by atoms with Crippen molar-refractivity contribution in [3.63, 3.8) is 0 Å². The summed E-state index contributed by atoms with van der Waals surface area (Å²) in [4.78, 5) is 24.6. The van der Waals surface area contributed by atoms with Crippen molar-refractivity contribution in [2.24, 2.45) is 0 Å². The smallest absolute Gasteiger partial charge is 0.304 e. The van der Waals surface area contributed by atoms with Gasteiger partial charge in [-0.25, -0.2) is 0 Å². The lowest BCUT2D eigenvalue weighted by molar-refractivity contribution is -0.137. The van der Waals surface area contributed by atoms with Crippen LogP contribution in [0.4, 0.5) is 0 Å². The fourth-order valence-electron chi connectivity index (χ4n) is 2.45. The molecule has 2 aliphatic rings. The monoisotopic (exact) mass is 266 g/mol. The summed E-state index contributed by atoms with van der Waals surface area (Å²) >= 11 is 0. The third-order valence-corrected chi connectivity index (χ3v) is 3.55. The van der Waals surface area contributed by atoms with E-state index in [1.54, 1.807) is 0 Å². The predicted octanol–water partition coefficient (Wildman–Crippen LogP) is 1.50. The van der Waals surface area contributed by atoms with Crippen molar-refractivity contribution in [2.75, 3.05) is 13.1 Å². The molecule has 2 N–H and O–H groups in total. The number of carbonyl (C=O) groups is 2. The molecule has 0 heterocycles. The van der Waals surface area contributed by atoms with E-state index in [2.05, 4.69) is 11.4 Å². The number of rotatable bonds is 7. The second-order valence-corrected chi connectivity index (χ2v) is 5.26. The molecule has 0 spiro atoms. The first-order valence-electron chi connectivity index (χ1n) is 7.12. The molecular weight excluding hydrogens is 244 g/mol. The first kappa shape index (κ1) is 14.1. The van der Waals surface area contributed by atoms with E-state index in [1.165, 1.54) is 12.1 Å². The van der Waals surface area contributed by atoms with Crippen LogP contribution in [0.15, 0.2) is 11.8 Å². The number of nitrogens with one attached hydrogen (secondary N) is 1. The number of hydrogen-bond acceptors (Lipinski definition) is 3. The van der Waals surface area contributed by atoms with Crippen LogP contribution in [0.3, 0.4) is 0 Å². The maximum Gasteiger partial charge on any atom is 0.304 e. The van der Waals surface area contributed by atoms with Crippen molar-refractivity contribution in [3.05, 3.63) is 11.8 Å². The standard InChI is InChI=1S/C14H22N2O3/c17-13(10-15-9-8-14(18)19)16(12-6-7-12)11-4-2-1-3-5-11/h4,12,15H,1-3,5-10H2,(H,18,19). The van der Waals surface area contributed by atoms with Gasteiger partial charge in [-0.3, -0.25) is 9.59 Å². The van der Waals surface area contributed by atoms with Crippen molar-refractivity contribution in [3.8, 4) is 0 Å². The Bertz CT molecular complexity index is 375. The zero-order valence-corrected chi connectivity index (χ0v) is 11.2. The molecule has 0 aliphatic heterocycles. The summed E-state index contributed by atoms with van der Waals surface area (Å²) < 4.78 is 0. The molecule has 1 fully saturated rings. The highest BCUT2D eigenvalue weighted by Gasteiger charge is 2.34. The number of hydrogen-bond donors (Lipinski definition) is 2. The van der Waals surface area contributed by atoms with Crippen LogP contribution in [0, 0.1) is 0 Å². The minimum Gasteiger partial charge on any atom is -0.481 e. The van der Waals surface area contributed by atoms with Crippen LogP contribution in [0.5, 0.6) is 0 Å². The number of nitrogens with zero attached hydrogens (tertiary/aromatic N) is 1. The molecule has 19 heavy (non-hydrogen) atoms. The van der Waals surface area contributed by atoms with Crippen LogP contribution in [0.25, 0.3) is 0 Å². The lowest BCUT2D eigenvalue weighted by atomic mass is 10.0. The number of aliphatic carboxylic acids is 1. The second-order valence-electron chi connectivity index (χ2n) is 5.26.